The lowest BCUT2D eigenvalue weighted by atomic mass is 9.86. The number of hydrogen-bond donors (Lipinski definition) is 1. The van der Waals surface area contributed by atoms with E-state index in [1.165, 1.54) is 10.4 Å². The maximum Gasteiger partial charge on any atom is 0.317 e. The van der Waals surface area contributed by atoms with E-state index in [-0.39, 0.29) is 12.6 Å². The maximum absolute atomic E-state index is 11.4. The van der Waals surface area contributed by atoms with Gasteiger partial charge < -0.3 is 14.3 Å². The largest absolute Gasteiger partial charge is 0.480 e. The van der Waals surface area contributed by atoms with Gasteiger partial charge in [-0.2, -0.15) is 0 Å². The Balaban J connectivity index is 1.32. The van der Waals surface area contributed by atoms with Crippen molar-refractivity contribution in [2.75, 3.05) is 13.1 Å². The predicted octanol–water partition coefficient (Wildman–Crippen LogP) is 5.68. The summed E-state index contributed by atoms with van der Waals surface area (Å²) in [4.78, 5) is 19.3. The van der Waals surface area contributed by atoms with E-state index < -0.39 is 5.97 Å². The lowest BCUT2D eigenvalue weighted by molar-refractivity contribution is -0.138. The van der Waals surface area contributed by atoms with E-state index in [0.717, 1.165) is 49.2 Å². The van der Waals surface area contributed by atoms with Crippen molar-refractivity contribution < 1.29 is 19.1 Å². The molecule has 33 heavy (non-hydrogen) atoms. The molecule has 1 aliphatic rings. The van der Waals surface area contributed by atoms with Crippen LogP contribution in [0, 0.1) is 19.8 Å². The zero-order valence-corrected chi connectivity index (χ0v) is 20.1. The highest BCUT2D eigenvalue weighted by Crippen LogP contribution is 2.29. The molecule has 0 saturated heterocycles. The van der Waals surface area contributed by atoms with Crippen molar-refractivity contribution in [3.8, 4) is 11.5 Å². The predicted molar refractivity (Wildman–Crippen MR) is 129 cm³/mol. The maximum atomic E-state index is 11.4. The van der Waals surface area contributed by atoms with E-state index >= 15 is 0 Å². The smallest absolute Gasteiger partial charge is 0.317 e. The van der Waals surface area contributed by atoms with Crippen LogP contribution < -0.4 is 0 Å². The number of carbonyl (C=O) groups is 1. The molecule has 4 rings (SSSR count). The molecule has 1 aromatic carbocycles. The molecule has 0 spiro atoms. The van der Waals surface area contributed by atoms with Gasteiger partial charge in [0.15, 0.2) is 0 Å². The highest BCUT2D eigenvalue weighted by Gasteiger charge is 2.26. The van der Waals surface area contributed by atoms with Crippen LogP contribution in [0.5, 0.6) is 0 Å². The van der Waals surface area contributed by atoms with Crippen molar-refractivity contribution in [1.29, 1.82) is 0 Å². The number of hydrogen-bond acceptors (Lipinski definition) is 6. The molecule has 6 nitrogen and oxygen atoms in total. The van der Waals surface area contributed by atoms with Crippen LogP contribution >= 0.6 is 11.3 Å². The molecular formula is C26H32N2O4S. The van der Waals surface area contributed by atoms with E-state index in [0.29, 0.717) is 25.0 Å². The zero-order chi connectivity index (χ0) is 23.2. The van der Waals surface area contributed by atoms with Crippen LogP contribution in [0.15, 0.2) is 46.2 Å². The van der Waals surface area contributed by atoms with E-state index in [1.54, 1.807) is 11.3 Å². The first-order valence-electron chi connectivity index (χ1n) is 11.6. The Morgan fingerprint density at radius 3 is 2.79 bits per heavy atom. The van der Waals surface area contributed by atoms with Crippen molar-refractivity contribution >= 4 is 17.3 Å². The molecule has 1 N–H and O–H groups in total. The standard InChI is InChI=1S/C26H32N2O4S/c1-18-8-10-21(11-9-18)26-27-24(19(2)32-26)17-31-22-6-3-5-20(13-22)14-28(16-25(29)30)15-23-7-4-12-33-23/h4,7-12,20,22H,3,5-6,13-17H2,1-2H3,(H,29,30)/t20-,22+/m0/s1. The number of rotatable bonds is 10. The average Bonchev–Trinajstić information content (AvgIpc) is 3.42. The molecule has 2 atom stereocenters. The third-order valence-electron chi connectivity index (χ3n) is 6.22. The lowest BCUT2D eigenvalue weighted by Gasteiger charge is -2.32. The summed E-state index contributed by atoms with van der Waals surface area (Å²) in [7, 11) is 0. The molecular weight excluding hydrogens is 436 g/mol. The van der Waals surface area contributed by atoms with E-state index in [2.05, 4.69) is 35.0 Å². The van der Waals surface area contributed by atoms with Gasteiger partial charge in [0.1, 0.15) is 11.5 Å². The van der Waals surface area contributed by atoms with Gasteiger partial charge in [0.2, 0.25) is 5.89 Å². The first kappa shape index (κ1) is 23.7. The Kier molecular flexibility index (Phi) is 7.96. The van der Waals surface area contributed by atoms with Crippen molar-refractivity contribution in [1.82, 2.24) is 9.88 Å². The number of carboxylic acids is 1. The Morgan fingerprint density at radius 2 is 2.06 bits per heavy atom. The fourth-order valence-electron chi connectivity index (χ4n) is 4.50. The normalized spacial score (nSPS) is 18.6. The second-order valence-electron chi connectivity index (χ2n) is 9.00. The SMILES string of the molecule is Cc1ccc(-c2nc(CO[C@@H]3CCC[C@H](CN(CC(=O)O)Cc4cccs4)C3)c(C)o2)cc1. The summed E-state index contributed by atoms with van der Waals surface area (Å²) >= 11 is 1.67. The van der Waals surface area contributed by atoms with Crippen molar-refractivity contribution in [2.24, 2.45) is 5.92 Å². The van der Waals surface area contributed by atoms with E-state index in [1.807, 2.05) is 30.5 Å². The molecule has 2 aromatic heterocycles. The molecule has 0 aliphatic heterocycles. The summed E-state index contributed by atoms with van der Waals surface area (Å²) in [6, 6.07) is 12.2. The molecule has 0 unspecified atom stereocenters. The highest BCUT2D eigenvalue weighted by atomic mass is 32.1. The minimum atomic E-state index is -0.777. The van der Waals surface area contributed by atoms with Crippen LogP contribution in [0.1, 0.15) is 47.6 Å². The van der Waals surface area contributed by atoms with E-state index in [4.69, 9.17) is 9.15 Å². The molecule has 1 fully saturated rings. The fraction of sp³-hybridized carbons (Fsp3) is 0.462. The number of benzene rings is 1. The lowest BCUT2D eigenvalue weighted by Crippen LogP contribution is -2.36. The van der Waals surface area contributed by atoms with Crippen molar-refractivity contribution in [3.63, 3.8) is 0 Å². The number of aryl methyl sites for hydroxylation is 2. The third-order valence-corrected chi connectivity index (χ3v) is 7.08. The molecule has 0 radical (unpaired) electrons. The summed E-state index contributed by atoms with van der Waals surface area (Å²) in [5.41, 5.74) is 3.02. The summed E-state index contributed by atoms with van der Waals surface area (Å²) in [6.45, 7) is 5.97. The van der Waals surface area contributed by atoms with Gasteiger partial charge in [-0.05, 0) is 62.6 Å². The molecule has 3 aromatic rings. The van der Waals surface area contributed by atoms with Gasteiger partial charge in [0, 0.05) is 23.5 Å². The number of oxazole rings is 1. The van der Waals surface area contributed by atoms with Crippen LogP contribution in [-0.2, 0) is 22.7 Å². The number of ether oxygens (including phenoxy) is 1. The monoisotopic (exact) mass is 468 g/mol. The summed E-state index contributed by atoms with van der Waals surface area (Å²) in [5, 5.41) is 11.4. The Labute approximate surface area is 199 Å². The fourth-order valence-corrected chi connectivity index (χ4v) is 5.25. The molecule has 0 amide bonds. The Morgan fingerprint density at radius 1 is 1.24 bits per heavy atom. The van der Waals surface area contributed by atoms with Crippen LogP contribution in [0.3, 0.4) is 0 Å². The van der Waals surface area contributed by atoms with Gasteiger partial charge in [0.25, 0.3) is 0 Å². The molecule has 2 heterocycles. The summed E-state index contributed by atoms with van der Waals surface area (Å²) < 4.78 is 12.2. The second kappa shape index (κ2) is 11.1. The first-order valence-corrected chi connectivity index (χ1v) is 12.5. The number of thiophene rings is 1. The second-order valence-corrected chi connectivity index (χ2v) is 10.0. The number of aliphatic carboxylic acids is 1. The molecule has 7 heteroatoms. The highest BCUT2D eigenvalue weighted by molar-refractivity contribution is 7.09. The Bertz CT molecular complexity index is 1030. The van der Waals surface area contributed by atoms with Crippen LogP contribution in [0.4, 0.5) is 0 Å². The van der Waals surface area contributed by atoms with Gasteiger partial charge in [-0.25, -0.2) is 4.98 Å². The van der Waals surface area contributed by atoms with Crippen LogP contribution in [0.2, 0.25) is 0 Å². The number of nitrogens with zero attached hydrogens (tertiary/aromatic N) is 2. The van der Waals surface area contributed by atoms with Crippen LogP contribution in [0.25, 0.3) is 11.5 Å². The van der Waals surface area contributed by atoms with Gasteiger partial charge in [-0.15, -0.1) is 11.3 Å². The van der Waals surface area contributed by atoms with Crippen molar-refractivity contribution in [3.05, 3.63) is 63.7 Å². The molecule has 0 bridgehead atoms. The summed E-state index contributed by atoms with van der Waals surface area (Å²) in [6.07, 6.45) is 4.35. The Hall–Kier alpha value is -2.48. The van der Waals surface area contributed by atoms with Gasteiger partial charge in [-0.1, -0.05) is 30.2 Å². The quantitative estimate of drug-likeness (QED) is 0.412. The molecule has 1 aliphatic carbocycles. The molecule has 176 valence electrons. The van der Waals surface area contributed by atoms with Gasteiger partial charge >= 0.3 is 5.97 Å². The first-order chi connectivity index (χ1) is 16.0. The van der Waals surface area contributed by atoms with E-state index in [9.17, 15) is 9.90 Å². The topological polar surface area (TPSA) is 75.8 Å². The van der Waals surface area contributed by atoms with Crippen LogP contribution in [-0.4, -0.2) is 40.2 Å². The minimum absolute atomic E-state index is 0.0693. The summed E-state index contributed by atoms with van der Waals surface area (Å²) in [5.74, 6) is 1.08. The van der Waals surface area contributed by atoms with Crippen molar-refractivity contribution in [2.45, 2.75) is 58.8 Å². The average molecular weight is 469 g/mol. The number of carboxylic acid groups (broad SMARTS) is 1. The van der Waals surface area contributed by atoms with Gasteiger partial charge in [-0.3, -0.25) is 9.69 Å². The molecule has 1 saturated carbocycles. The zero-order valence-electron chi connectivity index (χ0n) is 19.3. The number of aromatic nitrogens is 1. The third kappa shape index (κ3) is 6.76. The minimum Gasteiger partial charge on any atom is -0.480 e. The van der Waals surface area contributed by atoms with Gasteiger partial charge in [0.05, 0.1) is 19.3 Å².